The Morgan fingerprint density at radius 2 is 2.00 bits per heavy atom. The van der Waals surface area contributed by atoms with Gasteiger partial charge in [0.05, 0.1) is 11.2 Å². The van der Waals surface area contributed by atoms with Gasteiger partial charge in [-0.2, -0.15) is 0 Å². The molecule has 0 aliphatic carbocycles. The van der Waals surface area contributed by atoms with E-state index >= 15 is 0 Å². The Hall–Kier alpha value is -3.13. The van der Waals surface area contributed by atoms with Crippen LogP contribution in [0.5, 0.6) is 0 Å². The molecule has 7 nitrogen and oxygen atoms in total. The number of hydrogen-bond donors (Lipinski definition) is 1. The van der Waals surface area contributed by atoms with Gasteiger partial charge in [0.1, 0.15) is 5.56 Å². The summed E-state index contributed by atoms with van der Waals surface area (Å²) in [5, 5.41) is 3.64. The fourth-order valence-corrected chi connectivity index (χ4v) is 3.71. The number of carbonyl (C=O) groups is 1. The fraction of sp³-hybridized carbons (Fsp3) is 0.167. The van der Waals surface area contributed by atoms with Crippen molar-refractivity contribution in [2.45, 2.75) is 20.8 Å². The van der Waals surface area contributed by atoms with Gasteiger partial charge < -0.3 is 10.3 Å². The molecule has 0 saturated carbocycles. The van der Waals surface area contributed by atoms with Crippen molar-refractivity contribution in [2.75, 3.05) is 0 Å². The third-order valence-corrected chi connectivity index (χ3v) is 5.12. The molecule has 0 saturated heterocycles. The van der Waals surface area contributed by atoms with Crippen LogP contribution in [0.2, 0.25) is 0 Å². The predicted molar refractivity (Wildman–Crippen MR) is 100 cm³/mol. The maximum Gasteiger partial charge on any atom is 0.254 e. The van der Waals surface area contributed by atoms with Gasteiger partial charge in [0, 0.05) is 35.1 Å². The van der Waals surface area contributed by atoms with Crippen LogP contribution in [0, 0.1) is 20.8 Å². The number of hydrogen-bond acceptors (Lipinski definition) is 6. The van der Waals surface area contributed by atoms with Gasteiger partial charge in [-0.25, -0.2) is 15.0 Å². The Bertz CT molecular complexity index is 1160. The maximum atomic E-state index is 12.1. The molecule has 1 amide bonds. The van der Waals surface area contributed by atoms with E-state index in [4.69, 9.17) is 5.73 Å². The molecule has 0 atom stereocenters. The van der Waals surface area contributed by atoms with Gasteiger partial charge in [0.25, 0.3) is 5.91 Å². The number of primary amides is 1. The molecule has 4 aromatic rings. The van der Waals surface area contributed by atoms with Crippen LogP contribution in [0.3, 0.4) is 0 Å². The van der Waals surface area contributed by atoms with Crippen LogP contribution in [0.4, 0.5) is 0 Å². The lowest BCUT2D eigenvalue weighted by molar-refractivity contribution is 0.0999. The van der Waals surface area contributed by atoms with Crippen molar-refractivity contribution in [1.29, 1.82) is 0 Å². The number of aryl methyl sites for hydroxylation is 3. The molecule has 2 N–H and O–H groups in total. The zero-order valence-corrected chi connectivity index (χ0v) is 15.3. The molecular formula is C18H16N6OS. The minimum Gasteiger partial charge on any atom is -0.365 e. The van der Waals surface area contributed by atoms with E-state index in [-0.39, 0.29) is 0 Å². The Kier molecular flexibility index (Phi) is 3.77. The van der Waals surface area contributed by atoms with Crippen molar-refractivity contribution in [3.05, 3.63) is 52.6 Å². The first-order valence-corrected chi connectivity index (χ1v) is 8.86. The van der Waals surface area contributed by atoms with Gasteiger partial charge in [-0.15, -0.1) is 11.3 Å². The Balaban J connectivity index is 2.05. The molecule has 8 heteroatoms. The normalized spacial score (nSPS) is 11.2. The van der Waals surface area contributed by atoms with Crippen molar-refractivity contribution in [2.24, 2.45) is 5.73 Å². The minimum atomic E-state index is -0.562. The lowest BCUT2D eigenvalue weighted by Gasteiger charge is -2.12. The van der Waals surface area contributed by atoms with Crippen LogP contribution in [0.25, 0.3) is 27.6 Å². The molecule has 0 aliphatic heterocycles. The lowest BCUT2D eigenvalue weighted by atomic mass is 10.2. The lowest BCUT2D eigenvalue weighted by Crippen LogP contribution is -2.19. The van der Waals surface area contributed by atoms with E-state index in [0.29, 0.717) is 27.9 Å². The number of thiazole rings is 1. The van der Waals surface area contributed by atoms with E-state index in [0.717, 1.165) is 22.2 Å². The summed E-state index contributed by atoms with van der Waals surface area (Å²) >= 11 is 1.47. The van der Waals surface area contributed by atoms with Crippen LogP contribution < -0.4 is 5.73 Å². The van der Waals surface area contributed by atoms with E-state index in [1.54, 1.807) is 19.3 Å². The van der Waals surface area contributed by atoms with Crippen molar-refractivity contribution >= 4 is 28.1 Å². The molecular weight excluding hydrogens is 348 g/mol. The number of aromatic nitrogens is 5. The number of amides is 1. The predicted octanol–water partition coefficient (Wildman–Crippen LogP) is 2.96. The zero-order chi connectivity index (χ0) is 18.4. The first-order valence-electron chi connectivity index (χ1n) is 7.98. The second-order valence-corrected chi connectivity index (χ2v) is 6.92. The Labute approximate surface area is 153 Å². The fourth-order valence-electron chi connectivity index (χ4n) is 2.98. The van der Waals surface area contributed by atoms with Gasteiger partial charge in [-0.3, -0.25) is 9.78 Å². The SMILES string of the molecule is Cc1csc(-c2nc(C)c(C(N)=O)c(-n3cc(C)c4cnccc43)n2)n1. The number of pyridine rings is 1. The van der Waals surface area contributed by atoms with Crippen LogP contribution >= 0.6 is 11.3 Å². The monoisotopic (exact) mass is 364 g/mol. The van der Waals surface area contributed by atoms with Gasteiger partial charge in [0.2, 0.25) is 0 Å². The molecule has 0 fully saturated rings. The van der Waals surface area contributed by atoms with Crippen LogP contribution in [0.1, 0.15) is 27.3 Å². The summed E-state index contributed by atoms with van der Waals surface area (Å²) in [5.41, 5.74) is 9.31. The largest absolute Gasteiger partial charge is 0.365 e. The van der Waals surface area contributed by atoms with Crippen molar-refractivity contribution in [3.8, 4) is 16.6 Å². The van der Waals surface area contributed by atoms with Gasteiger partial charge in [0.15, 0.2) is 16.6 Å². The minimum absolute atomic E-state index is 0.302. The van der Waals surface area contributed by atoms with Gasteiger partial charge in [-0.05, 0) is 32.4 Å². The molecule has 4 aromatic heterocycles. The molecule has 0 aliphatic rings. The number of rotatable bonds is 3. The Morgan fingerprint density at radius 1 is 1.19 bits per heavy atom. The molecule has 0 aromatic carbocycles. The number of nitrogens with zero attached hydrogens (tertiary/aromatic N) is 5. The number of nitrogens with two attached hydrogens (primary N) is 1. The molecule has 0 bridgehead atoms. The van der Waals surface area contributed by atoms with Crippen molar-refractivity contribution < 1.29 is 4.79 Å². The highest BCUT2D eigenvalue weighted by Crippen LogP contribution is 2.28. The highest BCUT2D eigenvalue weighted by atomic mass is 32.1. The zero-order valence-electron chi connectivity index (χ0n) is 14.5. The van der Waals surface area contributed by atoms with Gasteiger partial charge in [-0.1, -0.05) is 0 Å². The number of carbonyl (C=O) groups excluding carboxylic acids is 1. The summed E-state index contributed by atoms with van der Waals surface area (Å²) in [6.07, 6.45) is 5.43. The summed E-state index contributed by atoms with van der Waals surface area (Å²) < 4.78 is 1.87. The van der Waals surface area contributed by atoms with Crippen LogP contribution in [-0.2, 0) is 0 Å². The summed E-state index contributed by atoms with van der Waals surface area (Å²) in [6, 6.07) is 1.89. The first kappa shape index (κ1) is 16.3. The van der Waals surface area contributed by atoms with Crippen LogP contribution in [-0.4, -0.2) is 30.4 Å². The van der Waals surface area contributed by atoms with E-state index in [1.807, 2.05) is 36.1 Å². The van der Waals surface area contributed by atoms with E-state index in [1.165, 1.54) is 11.3 Å². The molecule has 26 heavy (non-hydrogen) atoms. The summed E-state index contributed by atoms with van der Waals surface area (Å²) in [6.45, 7) is 5.67. The highest BCUT2D eigenvalue weighted by molar-refractivity contribution is 7.13. The molecule has 4 rings (SSSR count). The van der Waals surface area contributed by atoms with Crippen LogP contribution in [0.15, 0.2) is 30.0 Å². The summed E-state index contributed by atoms with van der Waals surface area (Å²) in [4.78, 5) is 29.9. The average Bonchev–Trinajstić information content (AvgIpc) is 3.18. The van der Waals surface area contributed by atoms with E-state index in [2.05, 4.69) is 19.9 Å². The number of fused-ring (bicyclic) bond motifs is 1. The third-order valence-electron chi connectivity index (χ3n) is 4.16. The first-order chi connectivity index (χ1) is 12.5. The molecule has 0 radical (unpaired) electrons. The van der Waals surface area contributed by atoms with E-state index in [9.17, 15) is 4.79 Å². The molecule has 0 unspecified atom stereocenters. The van der Waals surface area contributed by atoms with Gasteiger partial charge >= 0.3 is 0 Å². The topological polar surface area (TPSA) is 99.6 Å². The third kappa shape index (κ3) is 2.55. The van der Waals surface area contributed by atoms with Crippen molar-refractivity contribution in [1.82, 2.24) is 24.5 Å². The second kappa shape index (κ2) is 5.99. The average molecular weight is 364 g/mol. The second-order valence-electron chi connectivity index (χ2n) is 6.06. The quantitative estimate of drug-likeness (QED) is 0.602. The highest BCUT2D eigenvalue weighted by Gasteiger charge is 2.21. The summed E-state index contributed by atoms with van der Waals surface area (Å²) in [7, 11) is 0. The standard InChI is InChI=1S/C18H16N6OS/c1-9-7-24(13-4-5-20-6-12(9)13)17-14(15(19)25)11(3)22-16(23-17)18-21-10(2)8-26-18/h4-8H,1-3H3,(H2,19,25). The smallest absolute Gasteiger partial charge is 0.254 e. The summed E-state index contributed by atoms with van der Waals surface area (Å²) in [5.74, 6) is 0.374. The van der Waals surface area contributed by atoms with Crippen molar-refractivity contribution in [3.63, 3.8) is 0 Å². The Morgan fingerprint density at radius 3 is 2.69 bits per heavy atom. The molecule has 0 spiro atoms. The maximum absolute atomic E-state index is 12.1. The van der Waals surface area contributed by atoms with E-state index < -0.39 is 5.91 Å². The molecule has 130 valence electrons. The molecule has 4 heterocycles.